The van der Waals surface area contributed by atoms with Crippen LogP contribution in [0.15, 0.2) is 58.7 Å². The second kappa shape index (κ2) is 7.63. The molecule has 0 spiro atoms. The number of amides is 1. The van der Waals surface area contributed by atoms with Crippen LogP contribution < -0.4 is 11.0 Å². The molecule has 2 aromatic carbocycles. The number of benzene rings is 2. The second-order valence-corrected chi connectivity index (χ2v) is 8.27. The van der Waals surface area contributed by atoms with Gasteiger partial charge in [-0.1, -0.05) is 29.5 Å². The average molecular weight is 407 g/mol. The maximum Gasteiger partial charge on any atom is 0.323 e. The fourth-order valence-electron chi connectivity index (χ4n) is 3.20. The van der Waals surface area contributed by atoms with E-state index in [1.165, 1.54) is 17.3 Å². The SMILES string of the molecule is Cc1ccc(-n2ccnc2SC(C)C(=O)Nc2ccc3[nH]c(=O)[nH]c3c2)c(C)c1. The third-order valence-electron chi connectivity index (χ3n) is 4.65. The van der Waals surface area contributed by atoms with E-state index in [1.54, 1.807) is 24.4 Å². The van der Waals surface area contributed by atoms with Crippen molar-refractivity contribution in [2.45, 2.75) is 31.2 Å². The molecule has 4 rings (SSSR count). The molecule has 1 unspecified atom stereocenters. The molecule has 29 heavy (non-hydrogen) atoms. The van der Waals surface area contributed by atoms with Gasteiger partial charge in [-0.15, -0.1) is 0 Å². The lowest BCUT2D eigenvalue weighted by atomic mass is 10.1. The number of aryl methyl sites for hydroxylation is 2. The summed E-state index contributed by atoms with van der Waals surface area (Å²) < 4.78 is 2.00. The van der Waals surface area contributed by atoms with Crippen molar-refractivity contribution in [2.75, 3.05) is 5.32 Å². The summed E-state index contributed by atoms with van der Waals surface area (Å²) in [5.41, 5.74) is 5.10. The third kappa shape index (κ3) is 3.97. The number of anilines is 1. The normalized spacial score (nSPS) is 12.2. The number of hydrogen-bond acceptors (Lipinski definition) is 4. The zero-order valence-electron chi connectivity index (χ0n) is 16.3. The maximum atomic E-state index is 12.7. The largest absolute Gasteiger partial charge is 0.325 e. The zero-order chi connectivity index (χ0) is 20.5. The summed E-state index contributed by atoms with van der Waals surface area (Å²) in [4.78, 5) is 33.9. The quantitative estimate of drug-likeness (QED) is 0.439. The third-order valence-corrected chi connectivity index (χ3v) is 5.73. The minimum Gasteiger partial charge on any atom is -0.325 e. The monoisotopic (exact) mass is 407 g/mol. The minimum atomic E-state index is -0.358. The number of carbonyl (C=O) groups is 1. The summed E-state index contributed by atoms with van der Waals surface area (Å²) in [6.45, 7) is 5.97. The fraction of sp³-hybridized carbons (Fsp3) is 0.190. The molecule has 3 N–H and O–H groups in total. The van der Waals surface area contributed by atoms with E-state index in [-0.39, 0.29) is 16.8 Å². The first-order valence-electron chi connectivity index (χ1n) is 9.21. The zero-order valence-corrected chi connectivity index (χ0v) is 17.1. The molecule has 0 bridgehead atoms. The van der Waals surface area contributed by atoms with Gasteiger partial charge in [0.1, 0.15) is 0 Å². The van der Waals surface area contributed by atoms with Gasteiger partial charge in [-0.3, -0.25) is 9.36 Å². The van der Waals surface area contributed by atoms with Gasteiger partial charge >= 0.3 is 5.69 Å². The maximum absolute atomic E-state index is 12.7. The van der Waals surface area contributed by atoms with Gasteiger partial charge in [0, 0.05) is 18.1 Å². The van der Waals surface area contributed by atoms with Crippen LogP contribution in [0.1, 0.15) is 18.1 Å². The van der Waals surface area contributed by atoms with Crippen molar-refractivity contribution in [3.63, 3.8) is 0 Å². The highest BCUT2D eigenvalue weighted by Gasteiger charge is 2.19. The Morgan fingerprint density at radius 2 is 1.93 bits per heavy atom. The number of hydrogen-bond donors (Lipinski definition) is 3. The number of thioether (sulfide) groups is 1. The van der Waals surface area contributed by atoms with Crippen LogP contribution in [0, 0.1) is 13.8 Å². The lowest BCUT2D eigenvalue weighted by Gasteiger charge is -2.14. The Kier molecular flexibility index (Phi) is 5.02. The van der Waals surface area contributed by atoms with Gasteiger partial charge in [-0.2, -0.15) is 0 Å². The van der Waals surface area contributed by atoms with Gasteiger partial charge in [-0.25, -0.2) is 9.78 Å². The van der Waals surface area contributed by atoms with Gasteiger partial charge in [0.05, 0.1) is 22.0 Å². The molecule has 148 valence electrons. The van der Waals surface area contributed by atoms with Gasteiger partial charge in [0.15, 0.2) is 5.16 Å². The summed E-state index contributed by atoms with van der Waals surface area (Å²) in [5.74, 6) is -0.137. The molecular formula is C21H21N5O2S. The molecule has 0 saturated carbocycles. The summed E-state index contributed by atoms with van der Waals surface area (Å²) in [5, 5.41) is 3.30. The standard InChI is InChI=1S/C21H21N5O2S/c1-12-4-7-18(13(2)10-12)26-9-8-22-21(26)29-14(3)19(27)23-15-5-6-16-17(11-15)25-20(28)24-16/h4-11,14H,1-3H3,(H,23,27)(H2,24,25,28). The number of H-pyrrole nitrogens is 2. The second-order valence-electron chi connectivity index (χ2n) is 6.96. The first-order chi connectivity index (χ1) is 13.9. The van der Waals surface area contributed by atoms with Gasteiger partial charge in [0.25, 0.3) is 0 Å². The van der Waals surface area contributed by atoms with E-state index in [9.17, 15) is 9.59 Å². The van der Waals surface area contributed by atoms with E-state index < -0.39 is 0 Å². The van der Waals surface area contributed by atoms with Crippen LogP contribution in [0.4, 0.5) is 5.69 Å². The number of carbonyl (C=O) groups excluding carboxylic acids is 1. The molecular weight excluding hydrogens is 386 g/mol. The van der Waals surface area contributed by atoms with Crippen LogP contribution in [0.3, 0.4) is 0 Å². The highest BCUT2D eigenvalue weighted by atomic mass is 32.2. The van der Waals surface area contributed by atoms with E-state index >= 15 is 0 Å². The molecule has 4 aromatic rings. The Morgan fingerprint density at radius 1 is 1.14 bits per heavy atom. The van der Waals surface area contributed by atoms with E-state index in [0.717, 1.165) is 16.4 Å². The first kappa shape index (κ1) is 19.1. The number of aromatic amines is 2. The molecule has 0 saturated heterocycles. The molecule has 0 radical (unpaired) electrons. The number of rotatable bonds is 5. The number of fused-ring (bicyclic) bond motifs is 1. The summed E-state index contributed by atoms with van der Waals surface area (Å²) in [6, 6.07) is 11.5. The molecule has 2 aromatic heterocycles. The fourth-order valence-corrected chi connectivity index (χ4v) is 4.08. The van der Waals surface area contributed by atoms with Crippen molar-refractivity contribution in [3.05, 3.63) is 70.4 Å². The van der Waals surface area contributed by atoms with Crippen LogP contribution >= 0.6 is 11.8 Å². The molecule has 0 fully saturated rings. The summed E-state index contributed by atoms with van der Waals surface area (Å²) in [7, 11) is 0. The topological polar surface area (TPSA) is 95.6 Å². The smallest absolute Gasteiger partial charge is 0.323 e. The number of aromatic nitrogens is 4. The van der Waals surface area contributed by atoms with Crippen molar-refractivity contribution in [1.82, 2.24) is 19.5 Å². The summed E-state index contributed by atoms with van der Waals surface area (Å²) >= 11 is 1.40. The highest BCUT2D eigenvalue weighted by molar-refractivity contribution is 8.00. The number of nitrogens with zero attached hydrogens (tertiary/aromatic N) is 2. The van der Waals surface area contributed by atoms with Crippen molar-refractivity contribution < 1.29 is 4.79 Å². The Morgan fingerprint density at radius 3 is 2.72 bits per heavy atom. The van der Waals surface area contributed by atoms with Crippen LogP contribution in [0.25, 0.3) is 16.7 Å². The predicted octanol–water partition coefficient (Wildman–Crippen LogP) is 3.78. The van der Waals surface area contributed by atoms with Crippen LogP contribution in [-0.4, -0.2) is 30.7 Å². The van der Waals surface area contributed by atoms with Crippen LogP contribution in [0.5, 0.6) is 0 Å². The van der Waals surface area contributed by atoms with Crippen LogP contribution in [-0.2, 0) is 4.79 Å². The van der Waals surface area contributed by atoms with Gasteiger partial charge in [-0.05, 0) is 50.6 Å². The van der Waals surface area contributed by atoms with Crippen molar-refractivity contribution >= 4 is 34.4 Å². The molecule has 1 amide bonds. The Balaban J connectivity index is 1.50. The molecule has 0 aliphatic carbocycles. The van der Waals surface area contributed by atoms with E-state index in [4.69, 9.17) is 0 Å². The van der Waals surface area contributed by atoms with Gasteiger partial charge in [0.2, 0.25) is 5.91 Å². The van der Waals surface area contributed by atoms with Crippen molar-refractivity contribution in [1.29, 1.82) is 0 Å². The molecule has 0 aliphatic rings. The van der Waals surface area contributed by atoms with Crippen LogP contribution in [0.2, 0.25) is 0 Å². The lowest BCUT2D eigenvalue weighted by molar-refractivity contribution is -0.115. The molecule has 1 atom stereocenters. The van der Waals surface area contributed by atoms with E-state index in [1.807, 2.05) is 17.7 Å². The number of imidazole rings is 2. The molecule has 2 heterocycles. The Bertz CT molecular complexity index is 1250. The van der Waals surface area contributed by atoms with E-state index in [0.29, 0.717) is 16.7 Å². The predicted molar refractivity (Wildman–Crippen MR) is 116 cm³/mol. The summed E-state index contributed by atoms with van der Waals surface area (Å²) in [6.07, 6.45) is 3.64. The lowest BCUT2D eigenvalue weighted by Crippen LogP contribution is -2.22. The molecule has 0 aliphatic heterocycles. The number of nitrogens with one attached hydrogen (secondary N) is 3. The van der Waals surface area contributed by atoms with Gasteiger partial charge < -0.3 is 15.3 Å². The molecule has 7 nitrogen and oxygen atoms in total. The van der Waals surface area contributed by atoms with E-state index in [2.05, 4.69) is 52.3 Å². The highest BCUT2D eigenvalue weighted by Crippen LogP contribution is 2.27. The Hall–Kier alpha value is -3.26. The van der Waals surface area contributed by atoms with Crippen molar-refractivity contribution in [2.24, 2.45) is 0 Å². The average Bonchev–Trinajstić information content (AvgIpc) is 3.26. The minimum absolute atomic E-state index is 0.137. The van der Waals surface area contributed by atoms with Crippen molar-refractivity contribution in [3.8, 4) is 5.69 Å². The molecule has 8 heteroatoms. The first-order valence-corrected chi connectivity index (χ1v) is 10.1. The Labute approximate surface area is 171 Å².